The first kappa shape index (κ1) is 11.4. The van der Waals surface area contributed by atoms with E-state index in [4.69, 9.17) is 4.98 Å². The SMILES string of the molecule is Cc1nc(C2(NC3CC3)CC3CCC2C3)sc1C. The van der Waals surface area contributed by atoms with Gasteiger partial charge in [0, 0.05) is 10.9 Å². The van der Waals surface area contributed by atoms with Crippen LogP contribution in [0.2, 0.25) is 0 Å². The molecule has 18 heavy (non-hydrogen) atoms. The van der Waals surface area contributed by atoms with Crippen LogP contribution in [0.4, 0.5) is 0 Å². The van der Waals surface area contributed by atoms with Gasteiger partial charge in [-0.1, -0.05) is 6.42 Å². The van der Waals surface area contributed by atoms with Gasteiger partial charge in [0.15, 0.2) is 0 Å². The van der Waals surface area contributed by atoms with Crippen LogP contribution in [-0.2, 0) is 5.54 Å². The lowest BCUT2D eigenvalue weighted by Crippen LogP contribution is -2.47. The van der Waals surface area contributed by atoms with Crippen LogP contribution in [0.5, 0.6) is 0 Å². The molecule has 3 unspecified atom stereocenters. The van der Waals surface area contributed by atoms with Crippen LogP contribution < -0.4 is 5.32 Å². The fourth-order valence-corrected chi connectivity index (χ4v) is 5.24. The Morgan fingerprint density at radius 1 is 1.22 bits per heavy atom. The van der Waals surface area contributed by atoms with Gasteiger partial charge in [-0.3, -0.25) is 0 Å². The van der Waals surface area contributed by atoms with Gasteiger partial charge in [0.25, 0.3) is 0 Å². The highest BCUT2D eigenvalue weighted by Crippen LogP contribution is 2.57. The van der Waals surface area contributed by atoms with Gasteiger partial charge in [0.2, 0.25) is 0 Å². The molecule has 2 nitrogen and oxygen atoms in total. The Morgan fingerprint density at radius 3 is 2.56 bits per heavy atom. The lowest BCUT2D eigenvalue weighted by atomic mass is 9.81. The summed E-state index contributed by atoms with van der Waals surface area (Å²) in [5.41, 5.74) is 1.50. The van der Waals surface area contributed by atoms with E-state index in [0.717, 1.165) is 17.9 Å². The lowest BCUT2D eigenvalue weighted by Gasteiger charge is -2.37. The van der Waals surface area contributed by atoms with E-state index in [2.05, 4.69) is 19.2 Å². The van der Waals surface area contributed by atoms with Gasteiger partial charge in [0.05, 0.1) is 11.2 Å². The van der Waals surface area contributed by atoms with E-state index in [1.807, 2.05) is 11.3 Å². The molecule has 2 bridgehead atoms. The molecule has 0 aromatic carbocycles. The van der Waals surface area contributed by atoms with Crippen LogP contribution in [0.3, 0.4) is 0 Å². The molecule has 3 heteroatoms. The van der Waals surface area contributed by atoms with Gasteiger partial charge >= 0.3 is 0 Å². The van der Waals surface area contributed by atoms with E-state index in [1.165, 1.54) is 54.1 Å². The van der Waals surface area contributed by atoms with Crippen molar-refractivity contribution < 1.29 is 0 Å². The average Bonchev–Trinajstić information content (AvgIpc) is 2.78. The minimum atomic E-state index is 0.258. The average molecular weight is 262 g/mol. The second-order valence-electron chi connectivity index (χ2n) is 6.63. The first-order valence-corrected chi connectivity index (χ1v) is 8.21. The number of rotatable bonds is 3. The predicted molar refractivity (Wildman–Crippen MR) is 74.9 cm³/mol. The number of aromatic nitrogens is 1. The van der Waals surface area contributed by atoms with E-state index >= 15 is 0 Å². The van der Waals surface area contributed by atoms with Crippen molar-refractivity contribution in [2.24, 2.45) is 11.8 Å². The molecule has 0 aliphatic heterocycles. The maximum atomic E-state index is 4.92. The second kappa shape index (κ2) is 3.80. The van der Waals surface area contributed by atoms with Crippen LogP contribution >= 0.6 is 11.3 Å². The molecule has 4 rings (SSSR count). The predicted octanol–water partition coefficient (Wildman–Crippen LogP) is 3.53. The van der Waals surface area contributed by atoms with Crippen LogP contribution in [0, 0.1) is 25.7 Å². The Bertz CT molecular complexity index is 457. The highest BCUT2D eigenvalue weighted by Gasteiger charge is 2.55. The molecule has 1 aromatic heterocycles. The maximum Gasteiger partial charge on any atom is 0.114 e. The summed E-state index contributed by atoms with van der Waals surface area (Å²) in [5.74, 6) is 1.82. The maximum absolute atomic E-state index is 4.92. The highest BCUT2D eigenvalue weighted by molar-refractivity contribution is 7.11. The zero-order valence-electron chi connectivity index (χ0n) is 11.3. The largest absolute Gasteiger partial charge is 0.302 e. The number of nitrogens with zero attached hydrogens (tertiary/aromatic N) is 1. The molecule has 1 heterocycles. The molecule has 3 aliphatic rings. The Hall–Kier alpha value is -0.410. The summed E-state index contributed by atoms with van der Waals surface area (Å²) in [7, 11) is 0. The summed E-state index contributed by atoms with van der Waals surface area (Å²) >= 11 is 1.95. The zero-order valence-corrected chi connectivity index (χ0v) is 12.1. The van der Waals surface area contributed by atoms with E-state index < -0.39 is 0 Å². The Morgan fingerprint density at radius 2 is 2.06 bits per heavy atom. The molecular weight excluding hydrogens is 240 g/mol. The van der Waals surface area contributed by atoms with Gasteiger partial charge < -0.3 is 5.32 Å². The summed E-state index contributed by atoms with van der Waals surface area (Å²) in [6, 6.07) is 0.786. The summed E-state index contributed by atoms with van der Waals surface area (Å²) in [5, 5.41) is 5.40. The van der Waals surface area contributed by atoms with Crippen molar-refractivity contribution in [3.63, 3.8) is 0 Å². The monoisotopic (exact) mass is 262 g/mol. The molecule has 0 saturated heterocycles. The molecule has 1 N–H and O–H groups in total. The number of hydrogen-bond donors (Lipinski definition) is 1. The fraction of sp³-hybridized carbons (Fsp3) is 0.800. The Balaban J connectivity index is 1.74. The first-order valence-electron chi connectivity index (χ1n) is 7.39. The molecule has 3 aliphatic carbocycles. The molecule has 1 aromatic rings. The normalized spacial score (nSPS) is 38.6. The van der Waals surface area contributed by atoms with Gasteiger partial charge in [-0.25, -0.2) is 4.98 Å². The van der Waals surface area contributed by atoms with Crippen LogP contribution in [0.1, 0.15) is 54.1 Å². The summed E-state index contributed by atoms with van der Waals surface area (Å²) in [4.78, 5) is 6.33. The van der Waals surface area contributed by atoms with Crippen molar-refractivity contribution in [2.75, 3.05) is 0 Å². The van der Waals surface area contributed by atoms with Crippen LogP contribution in [0.25, 0.3) is 0 Å². The summed E-state index contributed by atoms with van der Waals surface area (Å²) in [6.45, 7) is 4.38. The zero-order chi connectivity index (χ0) is 12.3. The lowest BCUT2D eigenvalue weighted by molar-refractivity contribution is 0.206. The quantitative estimate of drug-likeness (QED) is 0.901. The third-order valence-corrected chi connectivity index (χ3v) is 6.55. The molecule has 0 spiro atoms. The number of nitrogens with one attached hydrogen (secondary N) is 1. The second-order valence-corrected chi connectivity index (χ2v) is 7.83. The van der Waals surface area contributed by atoms with E-state index in [1.54, 1.807) is 0 Å². The molecular formula is C15H22N2S. The van der Waals surface area contributed by atoms with E-state index in [-0.39, 0.29) is 5.54 Å². The Kier molecular flexibility index (Phi) is 2.41. The molecule has 0 radical (unpaired) electrons. The third kappa shape index (κ3) is 1.60. The van der Waals surface area contributed by atoms with Crippen molar-refractivity contribution in [2.45, 2.75) is 64.0 Å². The first-order chi connectivity index (χ1) is 8.67. The van der Waals surface area contributed by atoms with Crippen molar-refractivity contribution in [1.82, 2.24) is 10.3 Å². The topological polar surface area (TPSA) is 24.9 Å². The van der Waals surface area contributed by atoms with Crippen LogP contribution in [0.15, 0.2) is 0 Å². The van der Waals surface area contributed by atoms with Gasteiger partial charge in [-0.15, -0.1) is 11.3 Å². The number of thiazole rings is 1. The van der Waals surface area contributed by atoms with Crippen molar-refractivity contribution in [3.8, 4) is 0 Å². The highest BCUT2D eigenvalue weighted by atomic mass is 32.1. The molecule has 3 saturated carbocycles. The van der Waals surface area contributed by atoms with E-state index in [9.17, 15) is 0 Å². The summed E-state index contributed by atoms with van der Waals surface area (Å²) < 4.78 is 0. The van der Waals surface area contributed by atoms with Crippen molar-refractivity contribution in [1.29, 1.82) is 0 Å². The van der Waals surface area contributed by atoms with Gasteiger partial charge in [0.1, 0.15) is 5.01 Å². The summed E-state index contributed by atoms with van der Waals surface area (Å²) in [6.07, 6.45) is 8.42. The van der Waals surface area contributed by atoms with Gasteiger partial charge in [-0.2, -0.15) is 0 Å². The molecule has 3 fully saturated rings. The van der Waals surface area contributed by atoms with Crippen LogP contribution in [-0.4, -0.2) is 11.0 Å². The molecule has 98 valence electrons. The minimum Gasteiger partial charge on any atom is -0.302 e. The number of hydrogen-bond acceptors (Lipinski definition) is 3. The smallest absolute Gasteiger partial charge is 0.114 e. The van der Waals surface area contributed by atoms with Gasteiger partial charge in [-0.05, 0) is 57.8 Å². The fourth-order valence-electron chi connectivity index (χ4n) is 4.09. The van der Waals surface area contributed by atoms with Crippen molar-refractivity contribution >= 4 is 11.3 Å². The Labute approximate surface area is 113 Å². The standard InChI is InChI=1S/C15H22N2S/c1-9-10(2)18-14(16-9)15(17-13-5-6-13)8-11-3-4-12(15)7-11/h11-13,17H,3-8H2,1-2H3. The number of fused-ring (bicyclic) bond motifs is 2. The molecule has 3 atom stereocenters. The van der Waals surface area contributed by atoms with Crippen molar-refractivity contribution in [3.05, 3.63) is 15.6 Å². The number of aryl methyl sites for hydroxylation is 2. The minimum absolute atomic E-state index is 0.258. The third-order valence-electron chi connectivity index (χ3n) is 5.30. The molecule has 0 amide bonds. The van der Waals surface area contributed by atoms with E-state index in [0.29, 0.717) is 0 Å².